The van der Waals surface area contributed by atoms with Crippen LogP contribution in [0.1, 0.15) is 19.8 Å². The van der Waals surface area contributed by atoms with Crippen molar-refractivity contribution in [3.05, 3.63) is 24.3 Å². The fourth-order valence-corrected chi connectivity index (χ4v) is 2.78. The molecule has 0 aromatic carbocycles. The predicted molar refractivity (Wildman–Crippen MR) is 80.7 cm³/mol. The van der Waals surface area contributed by atoms with Gasteiger partial charge in [0.15, 0.2) is 0 Å². The van der Waals surface area contributed by atoms with Crippen molar-refractivity contribution in [1.29, 1.82) is 0 Å². The van der Waals surface area contributed by atoms with Gasteiger partial charge in [-0.1, -0.05) is 18.2 Å². The molecule has 0 bridgehead atoms. The van der Waals surface area contributed by atoms with E-state index in [0.29, 0.717) is 32.8 Å². The van der Waals surface area contributed by atoms with Crippen LogP contribution in [0.3, 0.4) is 0 Å². The summed E-state index contributed by atoms with van der Waals surface area (Å²) < 4.78 is 5.28. The Morgan fingerprint density at radius 1 is 1.10 bits per heavy atom. The molecule has 0 spiro atoms. The maximum atomic E-state index is 12.5. The highest BCUT2D eigenvalue weighted by Crippen LogP contribution is 2.19. The Morgan fingerprint density at radius 3 is 2.57 bits per heavy atom. The highest BCUT2D eigenvalue weighted by molar-refractivity contribution is 5.88. The van der Waals surface area contributed by atoms with Gasteiger partial charge >= 0.3 is 0 Å². The fraction of sp³-hybridized carbons (Fsp3) is 0.625. The summed E-state index contributed by atoms with van der Waals surface area (Å²) in [5.41, 5.74) is 0. The summed E-state index contributed by atoms with van der Waals surface area (Å²) in [5, 5.41) is 0. The zero-order valence-electron chi connectivity index (χ0n) is 12.7. The Kier molecular flexibility index (Phi) is 5.99. The molecule has 2 fully saturated rings. The van der Waals surface area contributed by atoms with Crippen LogP contribution < -0.4 is 0 Å². The summed E-state index contributed by atoms with van der Waals surface area (Å²) >= 11 is 0. The molecule has 0 saturated carbocycles. The van der Waals surface area contributed by atoms with Gasteiger partial charge in [0.1, 0.15) is 0 Å². The Morgan fingerprint density at radius 2 is 1.86 bits per heavy atom. The van der Waals surface area contributed by atoms with Crippen LogP contribution in [0.15, 0.2) is 24.3 Å². The highest BCUT2D eigenvalue weighted by atomic mass is 16.5. The van der Waals surface area contributed by atoms with Crippen LogP contribution >= 0.6 is 0 Å². The fourth-order valence-electron chi connectivity index (χ4n) is 2.78. The van der Waals surface area contributed by atoms with E-state index in [0.717, 1.165) is 19.4 Å². The van der Waals surface area contributed by atoms with Crippen LogP contribution in [-0.4, -0.2) is 61.0 Å². The number of rotatable bonds is 3. The third-order valence-corrected chi connectivity index (χ3v) is 3.95. The number of nitrogens with zero attached hydrogens (tertiary/aromatic N) is 2. The van der Waals surface area contributed by atoms with Crippen molar-refractivity contribution in [2.75, 3.05) is 39.4 Å². The first kappa shape index (κ1) is 15.8. The third-order valence-electron chi connectivity index (χ3n) is 3.95. The van der Waals surface area contributed by atoms with Crippen LogP contribution in [-0.2, 0) is 14.3 Å². The summed E-state index contributed by atoms with van der Waals surface area (Å²) in [7, 11) is 0. The lowest BCUT2D eigenvalue weighted by Crippen LogP contribution is -2.49. The molecule has 2 amide bonds. The molecule has 0 aromatic heterocycles. The van der Waals surface area contributed by atoms with E-state index in [2.05, 4.69) is 0 Å². The zero-order valence-corrected chi connectivity index (χ0v) is 12.7. The standard InChI is InChI=1S/C16H24N2O3/c1-2-3-4-7-15(19)18-8-5-6-14(13-18)16(20)17-9-11-21-12-10-17/h2-4,7,14H,5-6,8-13H2,1H3. The predicted octanol–water partition coefficient (Wildman–Crippen LogP) is 1.22. The largest absolute Gasteiger partial charge is 0.378 e. The van der Waals surface area contributed by atoms with E-state index in [1.807, 2.05) is 24.0 Å². The number of carbonyl (C=O) groups excluding carboxylic acids is 2. The second-order valence-corrected chi connectivity index (χ2v) is 5.45. The van der Waals surface area contributed by atoms with Gasteiger partial charge in [-0.3, -0.25) is 9.59 Å². The Balaban J connectivity index is 1.90. The van der Waals surface area contributed by atoms with E-state index in [1.165, 1.54) is 0 Å². The lowest BCUT2D eigenvalue weighted by molar-refractivity contribution is -0.143. The van der Waals surface area contributed by atoms with Crippen molar-refractivity contribution in [1.82, 2.24) is 9.80 Å². The first-order valence-electron chi connectivity index (χ1n) is 7.67. The van der Waals surface area contributed by atoms with Gasteiger partial charge in [0.25, 0.3) is 0 Å². The van der Waals surface area contributed by atoms with Crippen LogP contribution in [0.2, 0.25) is 0 Å². The first-order valence-corrected chi connectivity index (χ1v) is 7.67. The minimum absolute atomic E-state index is 0.00687. The highest BCUT2D eigenvalue weighted by Gasteiger charge is 2.31. The number of hydrogen-bond donors (Lipinski definition) is 0. The van der Waals surface area contributed by atoms with Crippen molar-refractivity contribution in [2.24, 2.45) is 5.92 Å². The molecule has 0 N–H and O–H groups in total. The maximum absolute atomic E-state index is 12.5. The van der Waals surface area contributed by atoms with Crippen LogP contribution in [0.5, 0.6) is 0 Å². The van der Waals surface area contributed by atoms with Gasteiger partial charge in [-0.2, -0.15) is 0 Å². The van der Waals surface area contributed by atoms with Gasteiger partial charge in [-0.05, 0) is 19.8 Å². The SMILES string of the molecule is CC=CC=CC(=O)N1CCCC(C(=O)N2CCOCC2)C1. The number of morpholine rings is 1. The van der Waals surface area contributed by atoms with Crippen LogP contribution in [0.25, 0.3) is 0 Å². The van der Waals surface area contributed by atoms with E-state index in [1.54, 1.807) is 17.1 Å². The lowest BCUT2D eigenvalue weighted by atomic mass is 9.96. The van der Waals surface area contributed by atoms with Gasteiger partial charge in [0, 0.05) is 32.3 Å². The maximum Gasteiger partial charge on any atom is 0.246 e. The van der Waals surface area contributed by atoms with Gasteiger partial charge in [-0.15, -0.1) is 0 Å². The van der Waals surface area contributed by atoms with Crippen molar-refractivity contribution in [3.63, 3.8) is 0 Å². The number of allylic oxidation sites excluding steroid dienone is 3. The summed E-state index contributed by atoms with van der Waals surface area (Å²) in [6.45, 7) is 5.77. The van der Waals surface area contributed by atoms with Crippen molar-refractivity contribution < 1.29 is 14.3 Å². The molecule has 0 radical (unpaired) electrons. The molecule has 116 valence electrons. The summed E-state index contributed by atoms with van der Waals surface area (Å²) in [6, 6.07) is 0. The van der Waals surface area contributed by atoms with Gasteiger partial charge in [0.2, 0.25) is 11.8 Å². The minimum Gasteiger partial charge on any atom is -0.378 e. The minimum atomic E-state index is -0.0593. The van der Waals surface area contributed by atoms with Crippen molar-refractivity contribution in [3.8, 4) is 0 Å². The molecule has 2 aliphatic heterocycles. The van der Waals surface area contributed by atoms with E-state index in [9.17, 15) is 9.59 Å². The smallest absolute Gasteiger partial charge is 0.246 e. The lowest BCUT2D eigenvalue weighted by Gasteiger charge is -2.35. The van der Waals surface area contributed by atoms with Gasteiger partial charge < -0.3 is 14.5 Å². The monoisotopic (exact) mass is 292 g/mol. The van der Waals surface area contributed by atoms with Crippen molar-refractivity contribution in [2.45, 2.75) is 19.8 Å². The van der Waals surface area contributed by atoms with Gasteiger partial charge in [0.05, 0.1) is 19.1 Å². The molecule has 21 heavy (non-hydrogen) atoms. The molecule has 2 rings (SSSR count). The van der Waals surface area contributed by atoms with E-state index in [4.69, 9.17) is 4.74 Å². The molecule has 2 heterocycles. The topological polar surface area (TPSA) is 49.9 Å². The number of amides is 2. The van der Waals surface area contributed by atoms with Crippen LogP contribution in [0, 0.1) is 5.92 Å². The first-order chi connectivity index (χ1) is 10.2. The molecule has 2 aliphatic rings. The number of carbonyl (C=O) groups is 2. The van der Waals surface area contributed by atoms with E-state index in [-0.39, 0.29) is 17.7 Å². The zero-order chi connectivity index (χ0) is 15.1. The van der Waals surface area contributed by atoms with Crippen molar-refractivity contribution >= 4 is 11.8 Å². The molecule has 0 aromatic rings. The molecular weight excluding hydrogens is 268 g/mol. The summed E-state index contributed by atoms with van der Waals surface area (Å²) in [4.78, 5) is 28.2. The quantitative estimate of drug-likeness (QED) is 0.580. The molecule has 5 nitrogen and oxygen atoms in total. The molecule has 1 atom stereocenters. The van der Waals surface area contributed by atoms with Crippen LogP contribution in [0.4, 0.5) is 0 Å². The third kappa shape index (κ3) is 4.43. The molecule has 5 heteroatoms. The van der Waals surface area contributed by atoms with Gasteiger partial charge in [-0.25, -0.2) is 0 Å². The summed E-state index contributed by atoms with van der Waals surface area (Å²) in [5.74, 6) is 0.108. The number of hydrogen-bond acceptors (Lipinski definition) is 3. The molecular formula is C16H24N2O3. The average Bonchev–Trinajstić information content (AvgIpc) is 2.55. The second-order valence-electron chi connectivity index (χ2n) is 5.45. The molecule has 2 saturated heterocycles. The number of piperidine rings is 1. The Bertz CT molecular complexity index is 425. The Hall–Kier alpha value is -1.62. The molecule has 1 unspecified atom stereocenters. The Labute approximate surface area is 126 Å². The summed E-state index contributed by atoms with van der Waals surface area (Å²) in [6.07, 6.45) is 8.79. The normalized spacial score (nSPS) is 24.0. The molecule has 0 aliphatic carbocycles. The average molecular weight is 292 g/mol. The second kappa shape index (κ2) is 7.98. The number of likely N-dealkylation sites (tertiary alicyclic amines) is 1. The number of ether oxygens (including phenoxy) is 1. The van der Waals surface area contributed by atoms with E-state index < -0.39 is 0 Å². The van der Waals surface area contributed by atoms with E-state index >= 15 is 0 Å².